The number of hydrogen-bond donors (Lipinski definition) is 1. The molecule has 0 aliphatic carbocycles. The Morgan fingerprint density at radius 1 is 1.28 bits per heavy atom. The number of nitrogens with one attached hydrogen (secondary N) is 1. The quantitative estimate of drug-likeness (QED) is 0.848. The van der Waals surface area contributed by atoms with Gasteiger partial charge in [0.25, 0.3) is 11.5 Å². The van der Waals surface area contributed by atoms with E-state index in [0.717, 1.165) is 12.8 Å². The third-order valence-electron chi connectivity index (χ3n) is 4.00. The first-order chi connectivity index (χ1) is 12.1. The van der Waals surface area contributed by atoms with Crippen molar-refractivity contribution in [1.29, 1.82) is 0 Å². The molecule has 0 bridgehead atoms. The van der Waals surface area contributed by atoms with Crippen LogP contribution in [0, 0.1) is 5.82 Å². The summed E-state index contributed by atoms with van der Waals surface area (Å²) < 4.78 is 19.9. The third-order valence-corrected chi connectivity index (χ3v) is 4.00. The van der Waals surface area contributed by atoms with Crippen molar-refractivity contribution in [3.8, 4) is 0 Å². The minimum absolute atomic E-state index is 0.00326. The Labute approximate surface area is 144 Å². The molecule has 1 unspecified atom stereocenters. The topological polar surface area (TPSA) is 60.3 Å². The van der Waals surface area contributed by atoms with Crippen LogP contribution in [0.3, 0.4) is 0 Å². The van der Waals surface area contributed by atoms with E-state index in [0.29, 0.717) is 18.7 Å². The van der Waals surface area contributed by atoms with E-state index in [9.17, 15) is 14.0 Å². The highest BCUT2D eigenvalue weighted by molar-refractivity contribution is 6.18. The monoisotopic (exact) mass is 342 g/mol. The van der Waals surface area contributed by atoms with Gasteiger partial charge < -0.3 is 10.1 Å². The summed E-state index contributed by atoms with van der Waals surface area (Å²) in [4.78, 5) is 24.8. The number of nitrogens with zero attached hydrogens (tertiary/aromatic N) is 1. The van der Waals surface area contributed by atoms with Crippen LogP contribution < -0.4 is 10.9 Å². The average molecular weight is 342 g/mol. The molecule has 1 aromatic heterocycles. The molecule has 0 radical (unpaired) electrons. The molecule has 1 aliphatic rings. The second-order valence-electron chi connectivity index (χ2n) is 5.84. The van der Waals surface area contributed by atoms with Crippen LogP contribution in [-0.4, -0.2) is 29.7 Å². The minimum Gasteiger partial charge on any atom is -0.376 e. The fourth-order valence-corrected chi connectivity index (χ4v) is 2.69. The summed E-state index contributed by atoms with van der Waals surface area (Å²) in [5.74, 6) is -0.744. The molecule has 0 saturated carbocycles. The van der Waals surface area contributed by atoms with Crippen molar-refractivity contribution >= 4 is 17.7 Å². The summed E-state index contributed by atoms with van der Waals surface area (Å²) in [6, 6.07) is 10.4. The third kappa shape index (κ3) is 4.42. The Morgan fingerprint density at radius 2 is 2.08 bits per heavy atom. The van der Waals surface area contributed by atoms with Crippen LogP contribution in [0.2, 0.25) is 0 Å². The molecule has 1 fully saturated rings. The normalized spacial score (nSPS) is 17.5. The molecule has 1 amide bonds. The first kappa shape index (κ1) is 17.1. The van der Waals surface area contributed by atoms with Crippen molar-refractivity contribution in [2.24, 2.45) is 0 Å². The van der Waals surface area contributed by atoms with E-state index < -0.39 is 0 Å². The maximum atomic E-state index is 13.1. The molecule has 5 nitrogen and oxygen atoms in total. The predicted octanol–water partition coefficient (Wildman–Crippen LogP) is 2.28. The van der Waals surface area contributed by atoms with Crippen molar-refractivity contribution in [2.75, 3.05) is 13.2 Å². The molecule has 2 heterocycles. The maximum absolute atomic E-state index is 13.1. The fourth-order valence-electron chi connectivity index (χ4n) is 2.69. The zero-order valence-electron chi connectivity index (χ0n) is 13.7. The number of halogens is 1. The first-order valence-electron chi connectivity index (χ1n) is 8.18. The molecular weight excluding hydrogens is 323 g/mol. The number of ether oxygens (including phenoxy) is 1. The van der Waals surface area contributed by atoms with Crippen LogP contribution in [0.1, 0.15) is 18.4 Å². The molecule has 2 aromatic rings. The van der Waals surface area contributed by atoms with E-state index >= 15 is 0 Å². The van der Waals surface area contributed by atoms with Crippen LogP contribution >= 0.6 is 0 Å². The molecule has 1 saturated heterocycles. The lowest BCUT2D eigenvalue weighted by Crippen LogP contribution is -2.35. The molecule has 0 spiro atoms. The number of rotatable bonds is 5. The zero-order chi connectivity index (χ0) is 17.6. The van der Waals surface area contributed by atoms with Crippen molar-refractivity contribution in [1.82, 2.24) is 9.88 Å². The second kappa shape index (κ2) is 7.90. The van der Waals surface area contributed by atoms with E-state index in [2.05, 4.69) is 5.32 Å². The van der Waals surface area contributed by atoms with Gasteiger partial charge in [-0.15, -0.1) is 0 Å². The van der Waals surface area contributed by atoms with Crippen LogP contribution in [0.25, 0.3) is 11.8 Å². The van der Waals surface area contributed by atoms with Crippen molar-refractivity contribution < 1.29 is 13.9 Å². The molecule has 1 aliphatic heterocycles. The Kier molecular flexibility index (Phi) is 5.40. The lowest BCUT2D eigenvalue weighted by molar-refractivity contribution is -0.116. The van der Waals surface area contributed by atoms with E-state index in [1.54, 1.807) is 30.3 Å². The summed E-state index contributed by atoms with van der Waals surface area (Å²) in [5, 5.41) is 2.82. The van der Waals surface area contributed by atoms with Crippen molar-refractivity contribution in [3.63, 3.8) is 0 Å². The number of benzene rings is 1. The van der Waals surface area contributed by atoms with E-state index in [1.165, 1.54) is 29.0 Å². The highest BCUT2D eigenvalue weighted by atomic mass is 19.1. The smallest absolute Gasteiger partial charge is 0.268 e. The SMILES string of the molecule is O=C(NCC1CCCO1)/C(=C\c1ccc(F)cc1)n1ccccc1=O. The number of pyridine rings is 1. The molecule has 3 rings (SSSR count). The van der Waals surface area contributed by atoms with E-state index in [4.69, 9.17) is 4.74 Å². The van der Waals surface area contributed by atoms with Gasteiger partial charge in [-0.25, -0.2) is 4.39 Å². The molecule has 1 aromatic carbocycles. The standard InChI is InChI=1S/C19H19FN2O3/c20-15-8-6-14(7-9-15)12-17(22-10-2-1-5-18(22)23)19(24)21-13-16-4-3-11-25-16/h1-2,5-10,12,16H,3-4,11,13H2,(H,21,24)/b17-12+. The van der Waals surface area contributed by atoms with Crippen LogP contribution in [0.4, 0.5) is 4.39 Å². The molecule has 6 heteroatoms. The summed E-state index contributed by atoms with van der Waals surface area (Å²) in [5.41, 5.74) is 0.484. The Morgan fingerprint density at radius 3 is 2.76 bits per heavy atom. The molecule has 1 N–H and O–H groups in total. The number of aromatic nitrogens is 1. The van der Waals surface area contributed by atoms with E-state index in [1.807, 2.05) is 0 Å². The fraction of sp³-hybridized carbons (Fsp3) is 0.263. The lowest BCUT2D eigenvalue weighted by atomic mass is 10.1. The highest BCUT2D eigenvalue weighted by Gasteiger charge is 2.18. The van der Waals surface area contributed by atoms with Gasteiger partial charge in [0.05, 0.1) is 6.10 Å². The largest absolute Gasteiger partial charge is 0.376 e. The Hall–Kier alpha value is -2.73. The van der Waals surface area contributed by atoms with Gasteiger partial charge in [0, 0.05) is 25.4 Å². The minimum atomic E-state index is -0.381. The highest BCUT2D eigenvalue weighted by Crippen LogP contribution is 2.13. The number of amides is 1. The van der Waals surface area contributed by atoms with Gasteiger partial charge in [0.1, 0.15) is 11.5 Å². The number of hydrogen-bond acceptors (Lipinski definition) is 3. The summed E-state index contributed by atoms with van der Waals surface area (Å²) >= 11 is 0. The van der Waals surface area contributed by atoms with Crippen LogP contribution in [0.15, 0.2) is 53.5 Å². The van der Waals surface area contributed by atoms with Gasteiger partial charge in [0.15, 0.2) is 0 Å². The van der Waals surface area contributed by atoms with Gasteiger partial charge in [-0.05, 0) is 42.7 Å². The second-order valence-corrected chi connectivity index (χ2v) is 5.84. The van der Waals surface area contributed by atoms with E-state index in [-0.39, 0.29) is 29.1 Å². The lowest BCUT2D eigenvalue weighted by Gasteiger charge is -2.14. The van der Waals surface area contributed by atoms with Crippen molar-refractivity contribution in [3.05, 3.63) is 70.4 Å². The van der Waals surface area contributed by atoms with Crippen LogP contribution in [-0.2, 0) is 9.53 Å². The maximum Gasteiger partial charge on any atom is 0.268 e. The number of carbonyl (C=O) groups excluding carboxylic acids is 1. The van der Waals surface area contributed by atoms with Crippen LogP contribution in [0.5, 0.6) is 0 Å². The zero-order valence-corrected chi connectivity index (χ0v) is 13.7. The summed E-state index contributed by atoms with van der Waals surface area (Å²) in [6.45, 7) is 1.10. The van der Waals surface area contributed by atoms with Gasteiger partial charge in [-0.3, -0.25) is 14.2 Å². The molecule has 25 heavy (non-hydrogen) atoms. The van der Waals surface area contributed by atoms with Gasteiger partial charge in [0.2, 0.25) is 0 Å². The average Bonchev–Trinajstić information content (AvgIpc) is 3.13. The predicted molar refractivity (Wildman–Crippen MR) is 93.3 cm³/mol. The molecule has 1 atom stereocenters. The Bertz CT molecular complexity index is 821. The number of carbonyl (C=O) groups is 1. The van der Waals surface area contributed by atoms with Gasteiger partial charge in [-0.1, -0.05) is 18.2 Å². The molecule has 130 valence electrons. The first-order valence-corrected chi connectivity index (χ1v) is 8.18. The summed E-state index contributed by atoms with van der Waals surface area (Å²) in [7, 11) is 0. The van der Waals surface area contributed by atoms with Gasteiger partial charge in [-0.2, -0.15) is 0 Å². The van der Waals surface area contributed by atoms with Crippen molar-refractivity contribution in [2.45, 2.75) is 18.9 Å². The van der Waals surface area contributed by atoms with Gasteiger partial charge >= 0.3 is 0 Å². The summed E-state index contributed by atoms with van der Waals surface area (Å²) in [6.07, 6.45) is 4.98. The Balaban J connectivity index is 1.88. The molecular formula is C19H19FN2O3.